The van der Waals surface area contributed by atoms with E-state index in [4.69, 9.17) is 5.73 Å². The van der Waals surface area contributed by atoms with Crippen molar-refractivity contribution < 1.29 is 5.11 Å². The molecule has 0 spiro atoms. The van der Waals surface area contributed by atoms with Gasteiger partial charge in [0, 0.05) is 5.39 Å². The maximum atomic E-state index is 9.74. The molecule has 2 rings (SSSR count). The molecule has 0 saturated carbocycles. The fraction of sp³-hybridized carbons (Fsp3) is 0.250. The number of aromatic nitrogens is 1. The van der Waals surface area contributed by atoms with Crippen LogP contribution in [-0.2, 0) is 0 Å². The van der Waals surface area contributed by atoms with Gasteiger partial charge < -0.3 is 10.8 Å². The van der Waals surface area contributed by atoms with Crippen molar-refractivity contribution in [3.63, 3.8) is 0 Å². The quantitative estimate of drug-likeness (QED) is 0.795. The zero-order chi connectivity index (χ0) is 10.7. The first kappa shape index (κ1) is 10.1. The summed E-state index contributed by atoms with van der Waals surface area (Å²) in [6.07, 6.45) is -0.00896. The summed E-state index contributed by atoms with van der Waals surface area (Å²) in [6, 6.07) is 11.7. The minimum atomic E-state index is -0.556. The van der Waals surface area contributed by atoms with Crippen LogP contribution >= 0.6 is 0 Å². The highest BCUT2D eigenvalue weighted by Gasteiger charge is 2.07. The first-order valence-corrected chi connectivity index (χ1v) is 5.05. The van der Waals surface area contributed by atoms with Gasteiger partial charge in [-0.1, -0.05) is 24.3 Å². The van der Waals surface area contributed by atoms with Gasteiger partial charge in [0.25, 0.3) is 0 Å². The molecule has 15 heavy (non-hydrogen) atoms. The molecule has 0 aliphatic carbocycles. The van der Waals surface area contributed by atoms with Crippen molar-refractivity contribution in [3.05, 3.63) is 42.1 Å². The Morgan fingerprint density at radius 3 is 2.80 bits per heavy atom. The monoisotopic (exact) mass is 202 g/mol. The Hall–Kier alpha value is -1.45. The Balaban J connectivity index is 2.38. The van der Waals surface area contributed by atoms with Gasteiger partial charge in [-0.15, -0.1) is 0 Å². The van der Waals surface area contributed by atoms with Gasteiger partial charge in [-0.25, -0.2) is 0 Å². The molecule has 0 aliphatic rings. The van der Waals surface area contributed by atoms with E-state index >= 15 is 0 Å². The first-order chi connectivity index (χ1) is 7.31. The van der Waals surface area contributed by atoms with Gasteiger partial charge in [0.05, 0.1) is 17.3 Å². The van der Waals surface area contributed by atoms with Crippen molar-refractivity contribution in [1.29, 1.82) is 0 Å². The van der Waals surface area contributed by atoms with E-state index < -0.39 is 6.10 Å². The van der Waals surface area contributed by atoms with Crippen LogP contribution in [0.1, 0.15) is 18.2 Å². The van der Waals surface area contributed by atoms with Crippen LogP contribution in [0.25, 0.3) is 10.9 Å². The second kappa shape index (κ2) is 4.38. The predicted octanol–water partition coefficient (Wildman–Crippen LogP) is 1.62. The van der Waals surface area contributed by atoms with E-state index in [1.54, 1.807) is 0 Å². The van der Waals surface area contributed by atoms with Crippen LogP contribution in [0, 0.1) is 0 Å². The van der Waals surface area contributed by atoms with Crippen molar-refractivity contribution in [2.75, 3.05) is 6.54 Å². The Morgan fingerprint density at radius 1 is 1.20 bits per heavy atom. The largest absolute Gasteiger partial charge is 0.387 e. The summed E-state index contributed by atoms with van der Waals surface area (Å²) in [4.78, 5) is 4.39. The number of aliphatic hydroxyl groups excluding tert-OH is 1. The SMILES string of the molecule is NCCC(O)c1ccc2ccccc2n1. The van der Waals surface area contributed by atoms with Gasteiger partial charge in [-0.05, 0) is 25.1 Å². The number of aliphatic hydroxyl groups is 1. The molecular formula is C12H14N2O. The van der Waals surface area contributed by atoms with E-state index in [-0.39, 0.29) is 0 Å². The third kappa shape index (κ3) is 2.14. The molecule has 78 valence electrons. The molecule has 0 aliphatic heterocycles. The number of hydrogen-bond acceptors (Lipinski definition) is 3. The minimum Gasteiger partial charge on any atom is -0.387 e. The fourth-order valence-corrected chi connectivity index (χ4v) is 1.57. The second-order valence-electron chi connectivity index (χ2n) is 3.52. The molecule has 0 amide bonds. The van der Waals surface area contributed by atoms with Crippen LogP contribution in [0.15, 0.2) is 36.4 Å². The lowest BCUT2D eigenvalue weighted by Gasteiger charge is -2.09. The highest BCUT2D eigenvalue weighted by Crippen LogP contribution is 2.18. The molecule has 3 heteroatoms. The minimum absolute atomic E-state index is 0.468. The molecule has 1 atom stereocenters. The van der Waals surface area contributed by atoms with Gasteiger partial charge in [0.15, 0.2) is 0 Å². The van der Waals surface area contributed by atoms with Crippen molar-refractivity contribution >= 4 is 10.9 Å². The molecule has 1 heterocycles. The van der Waals surface area contributed by atoms with Crippen molar-refractivity contribution in [1.82, 2.24) is 4.98 Å². The summed E-state index contributed by atoms with van der Waals surface area (Å²) in [5.41, 5.74) is 6.99. The van der Waals surface area contributed by atoms with Crippen molar-refractivity contribution in [2.45, 2.75) is 12.5 Å². The van der Waals surface area contributed by atoms with Crippen LogP contribution in [0.3, 0.4) is 0 Å². The number of nitrogens with zero attached hydrogens (tertiary/aromatic N) is 1. The zero-order valence-corrected chi connectivity index (χ0v) is 8.43. The van der Waals surface area contributed by atoms with E-state index in [1.807, 2.05) is 36.4 Å². The summed E-state index contributed by atoms with van der Waals surface area (Å²) in [5.74, 6) is 0. The highest BCUT2D eigenvalue weighted by molar-refractivity contribution is 5.78. The number of nitrogens with two attached hydrogens (primary N) is 1. The number of para-hydroxylation sites is 1. The lowest BCUT2D eigenvalue weighted by atomic mass is 10.1. The maximum absolute atomic E-state index is 9.74. The van der Waals surface area contributed by atoms with E-state index in [1.165, 1.54) is 0 Å². The third-order valence-electron chi connectivity index (χ3n) is 2.40. The Bertz CT molecular complexity index is 456. The third-order valence-corrected chi connectivity index (χ3v) is 2.40. The molecule has 3 nitrogen and oxygen atoms in total. The Morgan fingerprint density at radius 2 is 2.00 bits per heavy atom. The number of rotatable bonds is 3. The number of benzene rings is 1. The zero-order valence-electron chi connectivity index (χ0n) is 8.43. The van der Waals surface area contributed by atoms with Crippen LogP contribution in [0.2, 0.25) is 0 Å². The first-order valence-electron chi connectivity index (χ1n) is 5.05. The fourth-order valence-electron chi connectivity index (χ4n) is 1.57. The molecule has 0 bridgehead atoms. The van der Waals surface area contributed by atoms with E-state index in [2.05, 4.69) is 4.98 Å². The standard InChI is InChI=1S/C12H14N2O/c13-8-7-12(15)11-6-5-9-3-1-2-4-10(9)14-11/h1-6,12,15H,7-8,13H2. The molecular weight excluding hydrogens is 188 g/mol. The summed E-state index contributed by atoms with van der Waals surface area (Å²) in [5, 5.41) is 10.8. The molecule has 0 fully saturated rings. The molecule has 1 aromatic heterocycles. The molecule has 2 aromatic rings. The lowest BCUT2D eigenvalue weighted by Crippen LogP contribution is -2.08. The van der Waals surface area contributed by atoms with Gasteiger partial charge in [-0.2, -0.15) is 0 Å². The van der Waals surface area contributed by atoms with Crippen LogP contribution in [-0.4, -0.2) is 16.6 Å². The average Bonchev–Trinajstić information content (AvgIpc) is 2.29. The lowest BCUT2D eigenvalue weighted by molar-refractivity contribution is 0.166. The molecule has 1 aromatic carbocycles. The van der Waals surface area contributed by atoms with Crippen LogP contribution in [0.5, 0.6) is 0 Å². The van der Waals surface area contributed by atoms with Crippen molar-refractivity contribution in [2.24, 2.45) is 5.73 Å². The molecule has 0 saturated heterocycles. The van der Waals surface area contributed by atoms with E-state index in [0.717, 1.165) is 10.9 Å². The van der Waals surface area contributed by atoms with E-state index in [0.29, 0.717) is 18.7 Å². The molecule has 0 radical (unpaired) electrons. The second-order valence-corrected chi connectivity index (χ2v) is 3.52. The Kier molecular flexibility index (Phi) is 2.94. The number of hydrogen-bond donors (Lipinski definition) is 2. The normalized spacial score (nSPS) is 12.9. The van der Waals surface area contributed by atoms with Gasteiger partial charge in [0.2, 0.25) is 0 Å². The summed E-state index contributed by atoms with van der Waals surface area (Å²) < 4.78 is 0. The maximum Gasteiger partial charge on any atom is 0.0972 e. The van der Waals surface area contributed by atoms with E-state index in [9.17, 15) is 5.11 Å². The molecule has 3 N–H and O–H groups in total. The van der Waals surface area contributed by atoms with Crippen molar-refractivity contribution in [3.8, 4) is 0 Å². The topological polar surface area (TPSA) is 59.1 Å². The summed E-state index contributed by atoms with van der Waals surface area (Å²) in [7, 11) is 0. The summed E-state index contributed by atoms with van der Waals surface area (Å²) in [6.45, 7) is 0.468. The number of pyridine rings is 1. The smallest absolute Gasteiger partial charge is 0.0972 e. The van der Waals surface area contributed by atoms with Gasteiger partial charge >= 0.3 is 0 Å². The summed E-state index contributed by atoms with van der Waals surface area (Å²) >= 11 is 0. The number of fused-ring (bicyclic) bond motifs is 1. The average molecular weight is 202 g/mol. The predicted molar refractivity (Wildman–Crippen MR) is 60.4 cm³/mol. The highest BCUT2D eigenvalue weighted by atomic mass is 16.3. The van der Waals surface area contributed by atoms with Gasteiger partial charge in [0.1, 0.15) is 0 Å². The van der Waals surface area contributed by atoms with Gasteiger partial charge in [-0.3, -0.25) is 4.98 Å². The van der Waals surface area contributed by atoms with Crippen LogP contribution < -0.4 is 5.73 Å². The Labute approximate surface area is 88.6 Å². The molecule has 1 unspecified atom stereocenters. The van der Waals surface area contributed by atoms with Crippen LogP contribution in [0.4, 0.5) is 0 Å².